The molecule has 0 amide bonds. The number of imidazole rings is 1. The summed E-state index contributed by atoms with van der Waals surface area (Å²) in [5.41, 5.74) is 4.88. The summed E-state index contributed by atoms with van der Waals surface area (Å²) in [6.07, 6.45) is 0.633. The van der Waals surface area contributed by atoms with Crippen LogP contribution in [0.15, 0.2) is 110 Å². The molecule has 4 aromatic carbocycles. The molecule has 2 heterocycles. The van der Waals surface area contributed by atoms with Crippen molar-refractivity contribution in [3.05, 3.63) is 101 Å². The normalized spacial score (nSPS) is 11.9. The highest BCUT2D eigenvalue weighted by molar-refractivity contribution is 7.86. The van der Waals surface area contributed by atoms with Gasteiger partial charge in [0.05, 0.1) is 59.1 Å². The van der Waals surface area contributed by atoms with E-state index >= 15 is 0 Å². The predicted octanol–water partition coefficient (Wildman–Crippen LogP) is 8.05. The Bertz CT molecular complexity index is 3400. The lowest BCUT2D eigenvalue weighted by atomic mass is 10.1. The molecular formula is C40H41N9O15S4. The number of aromatic nitrogens is 2. The Hall–Kier alpha value is -7.13. The number of ether oxygens (including phenoxy) is 2. The number of pyridine rings is 1. The molecule has 0 radical (unpaired) electrons. The van der Waals surface area contributed by atoms with Crippen molar-refractivity contribution in [2.24, 2.45) is 30.7 Å². The number of rotatable bonds is 16. The van der Waals surface area contributed by atoms with Gasteiger partial charge >= 0.3 is 10.6 Å². The van der Waals surface area contributed by atoms with Crippen LogP contribution in [0.3, 0.4) is 0 Å². The molecule has 0 fully saturated rings. The predicted molar refractivity (Wildman–Crippen MR) is 245 cm³/mol. The molecule has 0 atom stereocenters. The summed E-state index contributed by atoms with van der Waals surface area (Å²) in [7, 11) is -15.3. The van der Waals surface area contributed by atoms with Crippen LogP contribution < -0.4 is 9.47 Å². The maximum Gasteiger partial charge on any atom is 0.425 e. The molecule has 360 valence electrons. The molecule has 4 N–H and O–H groups in total. The molecule has 0 aliphatic carbocycles. The number of hydrogen-bond donors (Lipinski definition) is 4. The van der Waals surface area contributed by atoms with Crippen molar-refractivity contribution in [3.63, 3.8) is 0 Å². The molecule has 68 heavy (non-hydrogen) atoms. The van der Waals surface area contributed by atoms with Crippen LogP contribution in [0.25, 0.3) is 16.7 Å². The van der Waals surface area contributed by atoms with Crippen LogP contribution in [0.5, 0.6) is 17.4 Å². The minimum absolute atomic E-state index is 0.00202. The monoisotopic (exact) mass is 1020 g/mol. The average molecular weight is 1020 g/mol. The van der Waals surface area contributed by atoms with Gasteiger partial charge < -0.3 is 14.6 Å². The minimum atomic E-state index is -4.26. The summed E-state index contributed by atoms with van der Waals surface area (Å²) in [5.74, 6) is -1.06. The molecule has 0 unspecified atom stereocenters. The first-order valence-electron chi connectivity index (χ1n) is 19.3. The molecule has 0 saturated heterocycles. The van der Waals surface area contributed by atoms with Gasteiger partial charge in [-0.2, -0.15) is 45.9 Å². The number of para-hydroxylation sites is 2. The lowest BCUT2D eigenvalue weighted by molar-refractivity contribution is 0.317. The van der Waals surface area contributed by atoms with Gasteiger partial charge in [0.2, 0.25) is 5.88 Å². The number of benzene rings is 4. The summed E-state index contributed by atoms with van der Waals surface area (Å²) >= 11 is 0. The van der Waals surface area contributed by atoms with Gasteiger partial charge in [-0.25, -0.2) is 4.98 Å². The lowest BCUT2D eigenvalue weighted by Gasteiger charge is -2.12. The van der Waals surface area contributed by atoms with E-state index in [2.05, 4.69) is 41.7 Å². The van der Waals surface area contributed by atoms with E-state index in [0.717, 1.165) is 0 Å². The van der Waals surface area contributed by atoms with Crippen molar-refractivity contribution in [1.29, 1.82) is 5.26 Å². The fraction of sp³-hybridized carbons (Fsp3) is 0.250. The zero-order valence-electron chi connectivity index (χ0n) is 36.2. The van der Waals surface area contributed by atoms with Gasteiger partial charge in [-0.15, -0.1) is 28.0 Å². The average Bonchev–Trinajstić information content (AvgIpc) is 3.62. The van der Waals surface area contributed by atoms with Gasteiger partial charge in [0.25, 0.3) is 30.4 Å². The smallest absolute Gasteiger partial charge is 0.425 e. The lowest BCUT2D eigenvalue weighted by Crippen LogP contribution is -2.08. The summed E-state index contributed by atoms with van der Waals surface area (Å²) in [5, 5.41) is 47.7. The van der Waals surface area contributed by atoms with Crippen molar-refractivity contribution in [1.82, 2.24) is 9.38 Å². The SMILES string of the molecule is CS(=O)(=O)O.Cc1cc(N=Nc2cc(OCCCS(=O)(=O)O)c(N=Nc3c(C)c(C#N)c4nc5ccccc5n4c3O)cc2C)c(OCCCS(=O)(=O)O)cc1N=Nc1ccccc1.O=S(=O)=O. The third kappa shape index (κ3) is 16.6. The summed E-state index contributed by atoms with van der Waals surface area (Å²) < 4.78 is 128. The molecule has 0 spiro atoms. The Morgan fingerprint density at radius 3 is 1.60 bits per heavy atom. The molecular weight excluding hydrogens is 975 g/mol. The number of nitrogens with zero attached hydrogens (tertiary/aromatic N) is 9. The Kier molecular flexibility index (Phi) is 18.5. The molecule has 6 rings (SSSR count). The van der Waals surface area contributed by atoms with E-state index in [0.29, 0.717) is 51.0 Å². The first-order chi connectivity index (χ1) is 31.8. The van der Waals surface area contributed by atoms with Crippen molar-refractivity contribution >= 4 is 91.8 Å². The van der Waals surface area contributed by atoms with E-state index in [-0.39, 0.29) is 71.7 Å². The van der Waals surface area contributed by atoms with Crippen LogP contribution in [-0.4, -0.2) is 97.0 Å². The second-order valence-electron chi connectivity index (χ2n) is 14.1. The van der Waals surface area contributed by atoms with Gasteiger partial charge in [-0.1, -0.05) is 30.3 Å². The Balaban J connectivity index is 0.00000103. The first kappa shape index (κ1) is 53.5. The van der Waals surface area contributed by atoms with Crippen LogP contribution >= 0.6 is 0 Å². The number of fused-ring (bicyclic) bond motifs is 3. The number of hydrogen-bond acceptors (Lipinski definition) is 20. The number of aryl methyl sites for hydroxylation is 2. The van der Waals surface area contributed by atoms with Crippen LogP contribution in [-0.2, 0) is 41.0 Å². The Morgan fingerprint density at radius 2 is 1.12 bits per heavy atom. The van der Waals surface area contributed by atoms with Crippen LogP contribution in [0.4, 0.5) is 34.1 Å². The second kappa shape index (κ2) is 23.5. The molecule has 28 heteroatoms. The maximum absolute atomic E-state index is 11.4. The maximum atomic E-state index is 11.4. The molecule has 0 bridgehead atoms. The number of azo groups is 3. The van der Waals surface area contributed by atoms with Crippen molar-refractivity contribution in [2.75, 3.05) is 31.0 Å². The standard InChI is InChI=1S/C39H37N9O9S2.CH4O3S.O3S/c1-24-19-32(35(56-15-9-17-58(50,51)52)21-30(24)43-42-27-11-5-4-6-12-27)45-44-31-22-36(57-16-10-18-59(53,54)55)33(20-25(31)2)46-47-37-26(3)28(23-40)38-41-29-13-7-8-14-34(29)48(38)39(37)49;1-5(2,3)4;1-4(2)3/h4-8,11-14,19-22,49H,9-10,15-18H2,1-3H3,(H,50,51,52)(H,53,54,55);1H3,(H,2,3,4);. The summed E-state index contributed by atoms with van der Waals surface area (Å²) in [6, 6.07) is 24.6. The molecule has 0 aliphatic rings. The molecule has 0 aliphatic heterocycles. The minimum Gasteiger partial charge on any atom is -0.493 e. The van der Waals surface area contributed by atoms with Crippen molar-refractivity contribution in [3.8, 4) is 23.4 Å². The summed E-state index contributed by atoms with van der Waals surface area (Å²) in [6.45, 7) is 4.88. The second-order valence-corrected chi connectivity index (χ2v) is 19.1. The van der Waals surface area contributed by atoms with E-state index in [4.69, 9.17) is 26.7 Å². The fourth-order valence-corrected chi connectivity index (χ4v) is 6.78. The van der Waals surface area contributed by atoms with Crippen molar-refractivity contribution < 1.29 is 66.1 Å². The van der Waals surface area contributed by atoms with Gasteiger partial charge in [0.15, 0.2) is 11.3 Å². The molecule has 6 aromatic rings. The zero-order valence-corrected chi connectivity index (χ0v) is 39.5. The number of nitriles is 1. The van der Waals surface area contributed by atoms with Crippen LogP contribution in [0, 0.1) is 32.1 Å². The summed E-state index contributed by atoms with van der Waals surface area (Å²) in [4.78, 5) is 4.52. The highest BCUT2D eigenvalue weighted by atomic mass is 32.2. The van der Waals surface area contributed by atoms with Crippen molar-refractivity contribution in [2.45, 2.75) is 33.6 Å². The highest BCUT2D eigenvalue weighted by Gasteiger charge is 2.21. The highest BCUT2D eigenvalue weighted by Crippen LogP contribution is 2.42. The van der Waals surface area contributed by atoms with E-state index in [1.165, 1.54) is 10.5 Å². The van der Waals surface area contributed by atoms with E-state index in [1.54, 1.807) is 75.4 Å². The molecule has 0 saturated carbocycles. The van der Waals surface area contributed by atoms with Gasteiger partial charge in [-0.3, -0.25) is 18.1 Å². The van der Waals surface area contributed by atoms with Crippen LogP contribution in [0.2, 0.25) is 0 Å². The van der Waals surface area contributed by atoms with Gasteiger partial charge in [-0.05, 0) is 81.1 Å². The number of aromatic hydroxyl groups is 1. The largest absolute Gasteiger partial charge is 0.493 e. The van der Waals surface area contributed by atoms with Gasteiger partial charge in [0, 0.05) is 17.7 Å². The molecule has 2 aromatic heterocycles. The Labute approximate surface area is 390 Å². The van der Waals surface area contributed by atoms with Gasteiger partial charge in [0.1, 0.15) is 34.5 Å². The third-order valence-electron chi connectivity index (χ3n) is 8.77. The fourth-order valence-electron chi connectivity index (χ4n) is 5.81. The van der Waals surface area contributed by atoms with E-state index in [1.807, 2.05) is 18.2 Å². The van der Waals surface area contributed by atoms with Crippen LogP contribution in [0.1, 0.15) is 35.1 Å². The molecule has 24 nitrogen and oxygen atoms in total. The zero-order chi connectivity index (χ0) is 50.4. The topological polar surface area (TPSA) is 368 Å². The quantitative estimate of drug-likeness (QED) is 0.0404. The Morgan fingerprint density at radius 1 is 0.676 bits per heavy atom. The first-order valence-corrected chi connectivity index (χ1v) is 25.4. The van der Waals surface area contributed by atoms with E-state index in [9.17, 15) is 44.7 Å². The third-order valence-corrected chi connectivity index (χ3v) is 10.4. The van der Waals surface area contributed by atoms with E-state index < -0.39 is 52.5 Å².